The first kappa shape index (κ1) is 12.0. The van der Waals surface area contributed by atoms with Crippen LogP contribution in [0.15, 0.2) is 11.6 Å². The Balaban J connectivity index is 2.59. The molecule has 0 aromatic rings. The normalized spacial score (nSPS) is 21.9. The van der Waals surface area contributed by atoms with E-state index in [1.807, 2.05) is 0 Å². The highest BCUT2D eigenvalue weighted by Crippen LogP contribution is 2.18. The van der Waals surface area contributed by atoms with Gasteiger partial charge in [0.05, 0.1) is 17.3 Å². The molecule has 1 saturated heterocycles. The van der Waals surface area contributed by atoms with Crippen LogP contribution in [0.1, 0.15) is 12.8 Å². The second-order valence-corrected chi connectivity index (χ2v) is 8.34. The highest BCUT2D eigenvalue weighted by molar-refractivity contribution is 8.13. The van der Waals surface area contributed by atoms with E-state index in [1.165, 1.54) is 6.08 Å². The Morgan fingerprint density at radius 2 is 1.79 bits per heavy atom. The third-order valence-corrected chi connectivity index (χ3v) is 4.63. The van der Waals surface area contributed by atoms with Crippen LogP contribution in [0.25, 0.3) is 0 Å². The Morgan fingerprint density at radius 1 is 1.29 bits per heavy atom. The van der Waals surface area contributed by atoms with Crippen molar-refractivity contribution in [1.29, 1.82) is 0 Å². The molecule has 7 heteroatoms. The van der Waals surface area contributed by atoms with Gasteiger partial charge in [-0.15, -0.1) is 0 Å². The van der Waals surface area contributed by atoms with Crippen LogP contribution in [0.5, 0.6) is 0 Å². The summed E-state index contributed by atoms with van der Waals surface area (Å²) in [6, 6.07) is 0. The number of allylic oxidation sites excluding steroid dienone is 1. The Labute approximate surface area is 88.3 Å². The molecule has 0 saturated carbocycles. The van der Waals surface area contributed by atoms with Crippen molar-refractivity contribution in [3.05, 3.63) is 11.6 Å². The zero-order valence-electron chi connectivity index (χ0n) is 7.44. The zero-order valence-corrected chi connectivity index (χ0v) is 9.83. The lowest BCUT2D eigenvalue weighted by Gasteiger charge is -2.13. The third-order valence-electron chi connectivity index (χ3n) is 2.04. The van der Waals surface area contributed by atoms with Gasteiger partial charge in [-0.3, -0.25) is 0 Å². The topological polar surface area (TPSA) is 68.3 Å². The lowest BCUT2D eigenvalue weighted by Crippen LogP contribution is -2.18. The minimum absolute atomic E-state index is 0.112. The molecule has 0 aromatic heterocycles. The monoisotopic (exact) mass is 258 g/mol. The summed E-state index contributed by atoms with van der Waals surface area (Å²) in [5.41, 5.74) is 0.865. The lowest BCUT2D eigenvalue weighted by atomic mass is 10.1. The summed E-state index contributed by atoms with van der Waals surface area (Å²) in [7, 11) is -1.38. The Morgan fingerprint density at radius 3 is 2.21 bits per heavy atom. The number of hydrogen-bond donors (Lipinski definition) is 0. The van der Waals surface area contributed by atoms with E-state index in [2.05, 4.69) is 0 Å². The van der Waals surface area contributed by atoms with Gasteiger partial charge in [0, 0.05) is 10.7 Å². The summed E-state index contributed by atoms with van der Waals surface area (Å²) >= 11 is 0. The molecule has 0 N–H and O–H groups in total. The van der Waals surface area contributed by atoms with Gasteiger partial charge in [0.25, 0.3) is 0 Å². The fourth-order valence-electron chi connectivity index (χ4n) is 1.22. The van der Waals surface area contributed by atoms with Gasteiger partial charge in [0.2, 0.25) is 9.05 Å². The van der Waals surface area contributed by atoms with Crippen LogP contribution in [0.4, 0.5) is 0 Å². The molecule has 1 rings (SSSR count). The molecule has 14 heavy (non-hydrogen) atoms. The summed E-state index contributed by atoms with van der Waals surface area (Å²) in [4.78, 5) is 0. The van der Waals surface area contributed by atoms with Gasteiger partial charge in [-0.1, -0.05) is 11.6 Å². The van der Waals surface area contributed by atoms with E-state index >= 15 is 0 Å². The van der Waals surface area contributed by atoms with Crippen molar-refractivity contribution >= 4 is 29.6 Å². The molecule has 0 atom stereocenters. The van der Waals surface area contributed by atoms with E-state index in [4.69, 9.17) is 10.7 Å². The molecular formula is C7H11ClO4S2. The van der Waals surface area contributed by atoms with E-state index < -0.39 is 18.9 Å². The summed E-state index contributed by atoms with van der Waals surface area (Å²) in [6.07, 6.45) is 2.36. The number of halogens is 1. The molecule has 0 radical (unpaired) electrons. The second kappa shape index (κ2) is 4.20. The maximum Gasteiger partial charge on any atom is 0.236 e. The van der Waals surface area contributed by atoms with Crippen molar-refractivity contribution in [2.24, 2.45) is 0 Å². The molecular weight excluding hydrogens is 248 g/mol. The largest absolute Gasteiger partial charge is 0.236 e. The van der Waals surface area contributed by atoms with Gasteiger partial charge < -0.3 is 0 Å². The van der Waals surface area contributed by atoms with Crippen molar-refractivity contribution in [2.45, 2.75) is 12.8 Å². The van der Waals surface area contributed by atoms with Crippen molar-refractivity contribution < 1.29 is 16.8 Å². The molecule has 0 amide bonds. The van der Waals surface area contributed by atoms with E-state index in [1.54, 1.807) is 0 Å². The Kier molecular flexibility index (Phi) is 3.60. The zero-order chi connectivity index (χ0) is 10.8. The fourth-order valence-corrected chi connectivity index (χ4v) is 3.20. The van der Waals surface area contributed by atoms with Crippen LogP contribution < -0.4 is 0 Å². The van der Waals surface area contributed by atoms with E-state index in [0.717, 1.165) is 5.57 Å². The highest BCUT2D eigenvalue weighted by Gasteiger charge is 2.18. The summed E-state index contributed by atoms with van der Waals surface area (Å²) in [5.74, 6) is 0.00622. The van der Waals surface area contributed by atoms with Crippen LogP contribution in [0.2, 0.25) is 0 Å². The van der Waals surface area contributed by atoms with Gasteiger partial charge in [-0.25, -0.2) is 16.8 Å². The van der Waals surface area contributed by atoms with Crippen molar-refractivity contribution in [3.63, 3.8) is 0 Å². The van der Waals surface area contributed by atoms with E-state index in [0.29, 0.717) is 12.8 Å². The minimum atomic E-state index is -3.51. The standard InChI is InChI=1S/C7H11ClO4S2/c8-14(11,12)6-3-7-1-4-13(9,10)5-2-7/h3H,1-2,4-6H2. The molecule has 0 bridgehead atoms. The van der Waals surface area contributed by atoms with Crippen LogP contribution in [-0.2, 0) is 18.9 Å². The van der Waals surface area contributed by atoms with Crippen LogP contribution in [-0.4, -0.2) is 34.1 Å². The second-order valence-electron chi connectivity index (χ2n) is 3.22. The van der Waals surface area contributed by atoms with Gasteiger partial charge in [0.15, 0.2) is 9.84 Å². The van der Waals surface area contributed by atoms with Gasteiger partial charge in [-0.05, 0) is 12.8 Å². The lowest BCUT2D eigenvalue weighted by molar-refractivity contribution is 0.589. The quantitative estimate of drug-likeness (QED) is 0.540. The molecule has 4 nitrogen and oxygen atoms in total. The molecule has 1 fully saturated rings. The van der Waals surface area contributed by atoms with Crippen LogP contribution in [0.3, 0.4) is 0 Å². The smallest absolute Gasteiger partial charge is 0.229 e. The first-order valence-electron chi connectivity index (χ1n) is 4.09. The first-order valence-corrected chi connectivity index (χ1v) is 8.39. The van der Waals surface area contributed by atoms with Gasteiger partial charge >= 0.3 is 0 Å². The van der Waals surface area contributed by atoms with E-state index in [9.17, 15) is 16.8 Å². The first-order chi connectivity index (χ1) is 6.29. The minimum Gasteiger partial charge on any atom is -0.229 e. The fraction of sp³-hybridized carbons (Fsp3) is 0.714. The molecule has 1 aliphatic heterocycles. The molecule has 82 valence electrons. The highest BCUT2D eigenvalue weighted by atomic mass is 35.7. The molecule has 0 unspecified atom stereocenters. The van der Waals surface area contributed by atoms with Crippen molar-refractivity contribution in [2.75, 3.05) is 17.3 Å². The number of sulfone groups is 1. The maximum atomic E-state index is 11.0. The van der Waals surface area contributed by atoms with Crippen LogP contribution in [0, 0.1) is 0 Å². The molecule has 0 aromatic carbocycles. The average Bonchev–Trinajstić information content (AvgIpc) is 2.01. The average molecular weight is 259 g/mol. The summed E-state index contributed by atoms with van der Waals surface area (Å²) in [6.45, 7) is 0. The molecule has 0 aliphatic carbocycles. The third kappa shape index (κ3) is 4.43. The van der Waals surface area contributed by atoms with Crippen LogP contribution >= 0.6 is 10.7 Å². The van der Waals surface area contributed by atoms with Crippen molar-refractivity contribution in [3.8, 4) is 0 Å². The summed E-state index contributed by atoms with van der Waals surface area (Å²) in [5, 5.41) is 0. The van der Waals surface area contributed by atoms with Crippen molar-refractivity contribution in [1.82, 2.24) is 0 Å². The molecule has 1 heterocycles. The summed E-state index contributed by atoms with van der Waals surface area (Å²) < 4.78 is 43.3. The number of rotatable bonds is 2. The SMILES string of the molecule is O=S(=O)(Cl)CC=C1CCS(=O)(=O)CC1. The maximum absolute atomic E-state index is 11.0. The number of hydrogen-bond acceptors (Lipinski definition) is 4. The molecule has 1 aliphatic rings. The predicted molar refractivity (Wildman–Crippen MR) is 55.6 cm³/mol. The predicted octanol–water partition coefficient (Wildman–Crippen LogP) is 0.690. The Bertz CT molecular complexity index is 416. The molecule has 0 spiro atoms. The Hall–Kier alpha value is -0.0700. The van der Waals surface area contributed by atoms with E-state index in [-0.39, 0.29) is 17.3 Å². The van der Waals surface area contributed by atoms with Gasteiger partial charge in [-0.2, -0.15) is 0 Å². The van der Waals surface area contributed by atoms with Gasteiger partial charge in [0.1, 0.15) is 0 Å².